The number of nitrogens with two attached hydrogens (primary N) is 1. The SMILES string of the molecule is COc1ccc(/C=N/N=C(\N)c2ccc3ccccc3n2)cc1. The molecule has 0 amide bonds. The lowest BCUT2D eigenvalue weighted by atomic mass is 10.2. The second-order valence-corrected chi connectivity index (χ2v) is 4.89. The Hall–Kier alpha value is -3.21. The van der Waals surface area contributed by atoms with Crippen molar-refractivity contribution in [3.05, 3.63) is 71.9 Å². The van der Waals surface area contributed by atoms with Gasteiger partial charge < -0.3 is 10.5 Å². The number of rotatable bonds is 4. The van der Waals surface area contributed by atoms with Crippen LogP contribution in [0.3, 0.4) is 0 Å². The minimum atomic E-state index is 0.278. The van der Waals surface area contributed by atoms with Gasteiger partial charge in [0.15, 0.2) is 5.84 Å². The van der Waals surface area contributed by atoms with Gasteiger partial charge in [-0.3, -0.25) is 0 Å². The molecule has 0 bridgehead atoms. The number of amidine groups is 1. The van der Waals surface area contributed by atoms with Crippen LogP contribution < -0.4 is 10.5 Å². The molecule has 2 aromatic carbocycles. The fourth-order valence-electron chi connectivity index (χ4n) is 2.11. The summed E-state index contributed by atoms with van der Waals surface area (Å²) in [6, 6.07) is 19.2. The lowest BCUT2D eigenvalue weighted by molar-refractivity contribution is 0.415. The first kappa shape index (κ1) is 14.7. The highest BCUT2D eigenvalue weighted by Crippen LogP contribution is 2.12. The zero-order chi connectivity index (χ0) is 16.1. The van der Waals surface area contributed by atoms with Crippen molar-refractivity contribution < 1.29 is 4.74 Å². The maximum atomic E-state index is 5.95. The van der Waals surface area contributed by atoms with Crippen LogP contribution in [0.15, 0.2) is 70.9 Å². The molecule has 1 heterocycles. The minimum Gasteiger partial charge on any atom is -0.497 e. The summed E-state index contributed by atoms with van der Waals surface area (Å²) in [7, 11) is 1.63. The first-order chi connectivity index (χ1) is 11.3. The number of pyridine rings is 1. The maximum Gasteiger partial charge on any atom is 0.172 e. The van der Waals surface area contributed by atoms with Crippen molar-refractivity contribution in [1.29, 1.82) is 0 Å². The van der Waals surface area contributed by atoms with Gasteiger partial charge in [-0.25, -0.2) is 4.98 Å². The fourth-order valence-corrected chi connectivity index (χ4v) is 2.11. The third-order valence-electron chi connectivity index (χ3n) is 3.35. The monoisotopic (exact) mass is 304 g/mol. The lowest BCUT2D eigenvalue weighted by Gasteiger charge is -2.01. The molecule has 0 aliphatic rings. The second-order valence-electron chi connectivity index (χ2n) is 4.89. The van der Waals surface area contributed by atoms with Crippen molar-refractivity contribution in [2.75, 3.05) is 7.11 Å². The van der Waals surface area contributed by atoms with Gasteiger partial charge in [0.25, 0.3) is 0 Å². The highest BCUT2D eigenvalue weighted by atomic mass is 16.5. The van der Waals surface area contributed by atoms with E-state index in [-0.39, 0.29) is 5.84 Å². The Morgan fingerprint density at radius 1 is 1.04 bits per heavy atom. The maximum absolute atomic E-state index is 5.95. The summed E-state index contributed by atoms with van der Waals surface area (Å²) in [4.78, 5) is 4.48. The van der Waals surface area contributed by atoms with Crippen molar-refractivity contribution in [1.82, 2.24) is 4.98 Å². The van der Waals surface area contributed by atoms with Gasteiger partial charge in [-0.05, 0) is 42.0 Å². The standard InChI is InChI=1S/C18H16N4O/c1-23-15-9-6-13(7-10-15)12-20-22-18(19)17-11-8-14-4-2-3-5-16(14)21-17/h2-12H,1H3,(H2,19,22)/b20-12+. The summed E-state index contributed by atoms with van der Waals surface area (Å²) in [6.45, 7) is 0. The number of benzene rings is 2. The second kappa shape index (κ2) is 6.70. The smallest absolute Gasteiger partial charge is 0.172 e. The molecule has 0 fully saturated rings. The van der Waals surface area contributed by atoms with Crippen LogP contribution in [0.1, 0.15) is 11.3 Å². The molecule has 0 aliphatic carbocycles. The van der Waals surface area contributed by atoms with Crippen molar-refractivity contribution in [2.24, 2.45) is 15.9 Å². The molecule has 0 saturated heterocycles. The molecule has 23 heavy (non-hydrogen) atoms. The predicted molar refractivity (Wildman–Crippen MR) is 93.1 cm³/mol. The van der Waals surface area contributed by atoms with Crippen LogP contribution in [-0.2, 0) is 0 Å². The number of methoxy groups -OCH3 is 1. The van der Waals surface area contributed by atoms with Crippen LogP contribution in [0.25, 0.3) is 10.9 Å². The van der Waals surface area contributed by atoms with E-state index < -0.39 is 0 Å². The number of ether oxygens (including phenoxy) is 1. The van der Waals surface area contributed by atoms with E-state index in [0.717, 1.165) is 22.2 Å². The van der Waals surface area contributed by atoms with Crippen LogP contribution in [0.2, 0.25) is 0 Å². The Bertz CT molecular complexity index is 870. The molecule has 0 unspecified atom stereocenters. The first-order valence-electron chi connectivity index (χ1n) is 7.13. The Kier molecular flexibility index (Phi) is 4.29. The van der Waals surface area contributed by atoms with Gasteiger partial charge in [-0.15, -0.1) is 5.10 Å². The fraction of sp³-hybridized carbons (Fsp3) is 0.0556. The van der Waals surface area contributed by atoms with E-state index in [1.165, 1.54) is 0 Å². The number of fused-ring (bicyclic) bond motifs is 1. The Labute approximate surface area is 134 Å². The quantitative estimate of drug-likeness (QED) is 0.457. The summed E-state index contributed by atoms with van der Waals surface area (Å²) < 4.78 is 5.10. The molecule has 3 rings (SSSR count). The van der Waals surface area contributed by atoms with Gasteiger partial charge >= 0.3 is 0 Å². The average molecular weight is 304 g/mol. The van der Waals surface area contributed by atoms with Gasteiger partial charge in [0, 0.05) is 5.39 Å². The molecule has 2 N–H and O–H groups in total. The van der Waals surface area contributed by atoms with Gasteiger partial charge in [-0.2, -0.15) is 5.10 Å². The third-order valence-corrected chi connectivity index (χ3v) is 3.35. The lowest BCUT2D eigenvalue weighted by Crippen LogP contribution is -2.14. The molecular weight excluding hydrogens is 288 g/mol. The van der Waals surface area contributed by atoms with Crippen molar-refractivity contribution in [3.8, 4) is 5.75 Å². The Balaban J connectivity index is 1.78. The summed E-state index contributed by atoms with van der Waals surface area (Å²) in [5.41, 5.74) is 8.34. The molecule has 0 aliphatic heterocycles. The number of hydrogen-bond acceptors (Lipinski definition) is 4. The molecule has 114 valence electrons. The van der Waals surface area contributed by atoms with Crippen LogP contribution in [0.5, 0.6) is 5.75 Å². The summed E-state index contributed by atoms with van der Waals surface area (Å²) >= 11 is 0. The number of hydrogen-bond donors (Lipinski definition) is 1. The zero-order valence-electron chi connectivity index (χ0n) is 12.7. The zero-order valence-corrected chi connectivity index (χ0v) is 12.7. The Morgan fingerprint density at radius 2 is 1.83 bits per heavy atom. The van der Waals surface area contributed by atoms with Crippen LogP contribution in [0.4, 0.5) is 0 Å². The molecular formula is C18H16N4O. The number of aromatic nitrogens is 1. The molecule has 0 radical (unpaired) electrons. The minimum absolute atomic E-state index is 0.278. The summed E-state index contributed by atoms with van der Waals surface area (Å²) in [5.74, 6) is 1.08. The Morgan fingerprint density at radius 3 is 2.61 bits per heavy atom. The van der Waals surface area contributed by atoms with E-state index in [1.54, 1.807) is 13.3 Å². The summed E-state index contributed by atoms with van der Waals surface area (Å²) in [5, 5.41) is 9.08. The van der Waals surface area contributed by atoms with E-state index in [4.69, 9.17) is 10.5 Å². The van der Waals surface area contributed by atoms with E-state index in [0.29, 0.717) is 5.69 Å². The highest BCUT2D eigenvalue weighted by molar-refractivity contribution is 5.98. The van der Waals surface area contributed by atoms with Crippen molar-refractivity contribution >= 4 is 23.0 Å². The predicted octanol–water partition coefficient (Wildman–Crippen LogP) is 2.98. The average Bonchev–Trinajstić information content (AvgIpc) is 2.61. The van der Waals surface area contributed by atoms with Gasteiger partial charge in [-0.1, -0.05) is 24.3 Å². The van der Waals surface area contributed by atoms with E-state index >= 15 is 0 Å². The number of para-hydroxylation sites is 1. The molecule has 5 nitrogen and oxygen atoms in total. The highest BCUT2D eigenvalue weighted by Gasteiger charge is 2.01. The number of nitrogens with zero attached hydrogens (tertiary/aromatic N) is 3. The summed E-state index contributed by atoms with van der Waals surface area (Å²) in [6.07, 6.45) is 1.63. The molecule has 0 spiro atoms. The van der Waals surface area contributed by atoms with Crippen molar-refractivity contribution in [3.63, 3.8) is 0 Å². The molecule has 5 heteroatoms. The third kappa shape index (κ3) is 3.52. The van der Waals surface area contributed by atoms with Crippen LogP contribution >= 0.6 is 0 Å². The normalized spacial score (nSPS) is 12.0. The largest absolute Gasteiger partial charge is 0.497 e. The topological polar surface area (TPSA) is 72.9 Å². The van der Waals surface area contributed by atoms with Crippen molar-refractivity contribution in [2.45, 2.75) is 0 Å². The van der Waals surface area contributed by atoms with E-state index in [1.807, 2.05) is 60.7 Å². The van der Waals surface area contributed by atoms with Crippen LogP contribution in [0, 0.1) is 0 Å². The van der Waals surface area contributed by atoms with Gasteiger partial charge in [0.1, 0.15) is 11.4 Å². The first-order valence-corrected chi connectivity index (χ1v) is 7.13. The molecule has 1 aromatic heterocycles. The van der Waals surface area contributed by atoms with Gasteiger partial charge in [0.2, 0.25) is 0 Å². The molecule has 0 atom stereocenters. The van der Waals surface area contributed by atoms with E-state index in [2.05, 4.69) is 15.2 Å². The van der Waals surface area contributed by atoms with Gasteiger partial charge in [0.05, 0.1) is 18.8 Å². The molecule has 0 saturated carbocycles. The molecule has 3 aromatic rings. The van der Waals surface area contributed by atoms with Crippen LogP contribution in [-0.4, -0.2) is 24.1 Å². The van der Waals surface area contributed by atoms with E-state index in [9.17, 15) is 0 Å².